The van der Waals surface area contributed by atoms with Crippen LogP contribution >= 0.6 is 0 Å². The largest absolute Gasteiger partial charge is 0.490 e. The number of benzene rings is 1. The maximum atomic E-state index is 13.4. The number of halogens is 1. The molecule has 70 valence electrons. The first-order chi connectivity index (χ1) is 6.18. The van der Waals surface area contributed by atoms with Crippen molar-refractivity contribution in [2.75, 3.05) is 6.61 Å². The maximum Gasteiger partial charge on any atom is 0.165 e. The lowest BCUT2D eigenvalue weighted by Crippen LogP contribution is -2.13. The van der Waals surface area contributed by atoms with Crippen LogP contribution in [0.25, 0.3) is 0 Å². The smallest absolute Gasteiger partial charge is 0.165 e. The molecule has 0 spiro atoms. The van der Waals surface area contributed by atoms with Crippen molar-refractivity contribution in [2.45, 2.75) is 26.2 Å². The molecule has 0 saturated heterocycles. The fourth-order valence-corrected chi connectivity index (χ4v) is 1.77. The van der Waals surface area contributed by atoms with Gasteiger partial charge < -0.3 is 4.74 Å². The highest BCUT2D eigenvalue weighted by molar-refractivity contribution is 5.41. The van der Waals surface area contributed by atoms with Crippen LogP contribution < -0.4 is 4.74 Å². The Balaban J connectivity index is 2.56. The van der Waals surface area contributed by atoms with Gasteiger partial charge in [0.2, 0.25) is 0 Å². The Morgan fingerprint density at radius 1 is 1.46 bits per heavy atom. The quantitative estimate of drug-likeness (QED) is 0.596. The summed E-state index contributed by atoms with van der Waals surface area (Å²) in [6.45, 7) is 4.65. The predicted molar refractivity (Wildman–Crippen MR) is 49.7 cm³/mol. The topological polar surface area (TPSA) is 9.23 Å². The van der Waals surface area contributed by atoms with E-state index in [1.54, 1.807) is 0 Å². The second-order valence-corrected chi connectivity index (χ2v) is 3.70. The summed E-state index contributed by atoms with van der Waals surface area (Å²) >= 11 is 0. The van der Waals surface area contributed by atoms with Crippen molar-refractivity contribution in [3.05, 3.63) is 29.1 Å². The van der Waals surface area contributed by atoms with E-state index >= 15 is 0 Å². The van der Waals surface area contributed by atoms with Crippen molar-refractivity contribution < 1.29 is 9.13 Å². The molecule has 0 aromatic heterocycles. The minimum atomic E-state index is -0.221. The number of ether oxygens (including phenoxy) is 1. The normalized spacial score (nSPS) is 20.7. The van der Waals surface area contributed by atoms with E-state index in [1.807, 2.05) is 13.0 Å². The van der Waals surface area contributed by atoms with E-state index in [0.29, 0.717) is 18.3 Å². The molecular formula is C11H13FO. The molecule has 1 nitrogen and oxygen atoms in total. The highest BCUT2D eigenvalue weighted by Crippen LogP contribution is 2.35. The van der Waals surface area contributed by atoms with Crippen LogP contribution in [0.2, 0.25) is 0 Å². The van der Waals surface area contributed by atoms with Gasteiger partial charge in [-0.05, 0) is 30.9 Å². The third-order valence-corrected chi connectivity index (χ3v) is 2.54. The third-order valence-electron chi connectivity index (χ3n) is 2.54. The average molecular weight is 180 g/mol. The van der Waals surface area contributed by atoms with Crippen molar-refractivity contribution in [2.24, 2.45) is 0 Å². The maximum absolute atomic E-state index is 13.4. The SMILES string of the molecule is Cc1cc(F)c2c(c1)[C@H](C)CCO2. The van der Waals surface area contributed by atoms with Gasteiger partial charge in [0.1, 0.15) is 0 Å². The lowest BCUT2D eigenvalue weighted by molar-refractivity contribution is 0.258. The molecule has 1 aliphatic heterocycles. The molecule has 0 radical (unpaired) electrons. The molecule has 1 aromatic rings. The van der Waals surface area contributed by atoms with Gasteiger partial charge in [-0.15, -0.1) is 0 Å². The molecule has 0 saturated carbocycles. The molecule has 0 aliphatic carbocycles. The first-order valence-electron chi connectivity index (χ1n) is 4.61. The molecule has 1 heterocycles. The van der Waals surface area contributed by atoms with Crippen LogP contribution in [0, 0.1) is 12.7 Å². The zero-order chi connectivity index (χ0) is 9.42. The Morgan fingerprint density at radius 3 is 3.00 bits per heavy atom. The van der Waals surface area contributed by atoms with E-state index in [-0.39, 0.29) is 5.82 Å². The Bertz CT molecular complexity index is 333. The lowest BCUT2D eigenvalue weighted by Gasteiger charge is -2.23. The van der Waals surface area contributed by atoms with E-state index in [1.165, 1.54) is 6.07 Å². The molecule has 0 N–H and O–H groups in total. The number of fused-ring (bicyclic) bond motifs is 1. The highest BCUT2D eigenvalue weighted by atomic mass is 19.1. The van der Waals surface area contributed by atoms with Crippen LogP contribution in [-0.4, -0.2) is 6.61 Å². The van der Waals surface area contributed by atoms with Gasteiger partial charge in [-0.2, -0.15) is 0 Å². The average Bonchev–Trinajstić information content (AvgIpc) is 2.07. The summed E-state index contributed by atoms with van der Waals surface area (Å²) in [5, 5.41) is 0. The molecule has 0 fully saturated rings. The number of hydrogen-bond donors (Lipinski definition) is 0. The molecule has 2 heteroatoms. The molecule has 1 aliphatic rings. The number of rotatable bonds is 0. The van der Waals surface area contributed by atoms with Crippen molar-refractivity contribution >= 4 is 0 Å². The molecule has 0 unspecified atom stereocenters. The van der Waals surface area contributed by atoms with Gasteiger partial charge in [0.05, 0.1) is 6.61 Å². The fourth-order valence-electron chi connectivity index (χ4n) is 1.77. The molecule has 2 rings (SSSR count). The Kier molecular flexibility index (Phi) is 1.98. The van der Waals surface area contributed by atoms with E-state index in [9.17, 15) is 4.39 Å². The molecular weight excluding hydrogens is 167 g/mol. The Morgan fingerprint density at radius 2 is 2.23 bits per heavy atom. The van der Waals surface area contributed by atoms with Crippen LogP contribution in [0.5, 0.6) is 5.75 Å². The molecule has 0 amide bonds. The van der Waals surface area contributed by atoms with Crippen molar-refractivity contribution in [1.29, 1.82) is 0 Å². The van der Waals surface area contributed by atoms with Gasteiger partial charge in [0.25, 0.3) is 0 Å². The summed E-state index contributed by atoms with van der Waals surface area (Å²) in [4.78, 5) is 0. The minimum Gasteiger partial charge on any atom is -0.490 e. The molecule has 1 aromatic carbocycles. The number of hydrogen-bond acceptors (Lipinski definition) is 1. The van der Waals surface area contributed by atoms with Crippen LogP contribution in [0.3, 0.4) is 0 Å². The van der Waals surface area contributed by atoms with Gasteiger partial charge in [0.15, 0.2) is 11.6 Å². The van der Waals surface area contributed by atoms with Crippen LogP contribution in [0.4, 0.5) is 4.39 Å². The van der Waals surface area contributed by atoms with Gasteiger partial charge in [-0.25, -0.2) is 4.39 Å². The predicted octanol–water partition coefficient (Wildman–Crippen LogP) is 3.02. The van der Waals surface area contributed by atoms with Crippen molar-refractivity contribution in [1.82, 2.24) is 0 Å². The van der Waals surface area contributed by atoms with Gasteiger partial charge in [0, 0.05) is 5.56 Å². The van der Waals surface area contributed by atoms with Gasteiger partial charge >= 0.3 is 0 Å². The second-order valence-electron chi connectivity index (χ2n) is 3.70. The summed E-state index contributed by atoms with van der Waals surface area (Å²) in [7, 11) is 0. The lowest BCUT2D eigenvalue weighted by atomic mass is 9.93. The van der Waals surface area contributed by atoms with Crippen LogP contribution in [-0.2, 0) is 0 Å². The molecule has 13 heavy (non-hydrogen) atoms. The number of aryl methyl sites for hydroxylation is 1. The summed E-state index contributed by atoms with van der Waals surface area (Å²) in [6, 6.07) is 3.54. The van der Waals surface area contributed by atoms with E-state index in [0.717, 1.165) is 17.5 Å². The Hall–Kier alpha value is -1.05. The summed E-state index contributed by atoms with van der Waals surface area (Å²) < 4.78 is 18.7. The van der Waals surface area contributed by atoms with Gasteiger partial charge in [-0.3, -0.25) is 0 Å². The van der Waals surface area contributed by atoms with Crippen molar-refractivity contribution in [3.8, 4) is 5.75 Å². The Labute approximate surface area is 77.5 Å². The highest BCUT2D eigenvalue weighted by Gasteiger charge is 2.20. The molecule has 1 atom stereocenters. The zero-order valence-corrected chi connectivity index (χ0v) is 7.93. The summed E-state index contributed by atoms with van der Waals surface area (Å²) in [5.74, 6) is 0.657. The van der Waals surface area contributed by atoms with Crippen LogP contribution in [0.1, 0.15) is 30.4 Å². The monoisotopic (exact) mass is 180 g/mol. The zero-order valence-electron chi connectivity index (χ0n) is 7.93. The second kappa shape index (κ2) is 3.02. The third kappa shape index (κ3) is 1.41. The first kappa shape index (κ1) is 8.54. The van der Waals surface area contributed by atoms with E-state index in [2.05, 4.69) is 6.92 Å². The summed E-state index contributed by atoms with van der Waals surface area (Å²) in [6.07, 6.45) is 0.982. The van der Waals surface area contributed by atoms with E-state index in [4.69, 9.17) is 4.74 Å². The van der Waals surface area contributed by atoms with Crippen molar-refractivity contribution in [3.63, 3.8) is 0 Å². The fraction of sp³-hybridized carbons (Fsp3) is 0.455. The standard InChI is InChI=1S/C11H13FO/c1-7-5-9-8(2)3-4-13-11(9)10(12)6-7/h5-6,8H,3-4H2,1-2H3/t8-/m1/s1. The minimum absolute atomic E-state index is 0.221. The first-order valence-corrected chi connectivity index (χ1v) is 4.61. The summed E-state index contributed by atoms with van der Waals surface area (Å²) in [5.41, 5.74) is 1.98. The van der Waals surface area contributed by atoms with Crippen LogP contribution in [0.15, 0.2) is 12.1 Å². The molecule has 0 bridgehead atoms. The van der Waals surface area contributed by atoms with Gasteiger partial charge in [-0.1, -0.05) is 13.0 Å². The van der Waals surface area contributed by atoms with E-state index < -0.39 is 0 Å².